The van der Waals surface area contributed by atoms with Gasteiger partial charge in [0, 0.05) is 28.6 Å². The third kappa shape index (κ3) is 5.14. The van der Waals surface area contributed by atoms with E-state index in [1.807, 2.05) is 62.4 Å². The highest BCUT2D eigenvalue weighted by Gasteiger charge is 2.09. The number of hydrogen-bond acceptors (Lipinski definition) is 4. The number of anilines is 3. The van der Waals surface area contributed by atoms with E-state index < -0.39 is 0 Å². The summed E-state index contributed by atoms with van der Waals surface area (Å²) in [5.74, 6) is 0.508. The van der Waals surface area contributed by atoms with Crippen LogP contribution in [0.1, 0.15) is 27.0 Å². The van der Waals surface area contributed by atoms with Gasteiger partial charge in [-0.1, -0.05) is 42.0 Å². The lowest BCUT2D eigenvalue weighted by Crippen LogP contribution is -2.12. The number of benzene rings is 3. The summed E-state index contributed by atoms with van der Waals surface area (Å²) in [5, 5.41) is 6.25. The Bertz CT molecular complexity index is 1210. The molecule has 0 spiro atoms. The zero-order chi connectivity index (χ0) is 21.8. The first-order valence-electron chi connectivity index (χ1n) is 10.1. The largest absolute Gasteiger partial charge is 0.340 e. The average Bonchev–Trinajstić information content (AvgIpc) is 2.74. The predicted octanol–water partition coefficient (Wildman–Crippen LogP) is 6.06. The fraction of sp³-hybridized carbons (Fsp3) is 0.115. The molecule has 4 aromatic rings. The van der Waals surface area contributed by atoms with Crippen LogP contribution in [0.25, 0.3) is 11.3 Å². The molecule has 0 aliphatic heterocycles. The predicted molar refractivity (Wildman–Crippen MR) is 126 cm³/mol. The van der Waals surface area contributed by atoms with Crippen LogP contribution in [0.5, 0.6) is 0 Å². The second-order valence-corrected chi connectivity index (χ2v) is 7.69. The smallest absolute Gasteiger partial charge is 0.255 e. The zero-order valence-corrected chi connectivity index (χ0v) is 17.8. The van der Waals surface area contributed by atoms with Gasteiger partial charge >= 0.3 is 0 Å². The summed E-state index contributed by atoms with van der Waals surface area (Å²) >= 11 is 0. The molecule has 0 aliphatic rings. The summed E-state index contributed by atoms with van der Waals surface area (Å²) < 4.78 is 0. The number of hydrogen-bond donors (Lipinski definition) is 2. The molecule has 4 rings (SSSR count). The minimum Gasteiger partial charge on any atom is -0.340 e. The molecule has 1 aromatic heterocycles. The summed E-state index contributed by atoms with van der Waals surface area (Å²) in [6, 6.07) is 23.4. The molecule has 0 unspecified atom stereocenters. The van der Waals surface area contributed by atoms with Crippen molar-refractivity contribution in [3.8, 4) is 11.3 Å². The van der Waals surface area contributed by atoms with E-state index in [1.54, 1.807) is 6.07 Å². The highest BCUT2D eigenvalue weighted by atomic mass is 16.1. The van der Waals surface area contributed by atoms with Crippen molar-refractivity contribution in [1.82, 2.24) is 9.97 Å². The summed E-state index contributed by atoms with van der Waals surface area (Å²) in [7, 11) is 0. The van der Waals surface area contributed by atoms with Crippen molar-refractivity contribution in [2.75, 3.05) is 10.6 Å². The molecule has 0 aliphatic carbocycles. The van der Waals surface area contributed by atoms with Crippen molar-refractivity contribution < 1.29 is 4.79 Å². The van der Waals surface area contributed by atoms with Gasteiger partial charge in [-0.05, 0) is 62.2 Å². The molecule has 5 nitrogen and oxygen atoms in total. The van der Waals surface area contributed by atoms with Crippen LogP contribution in [0, 0.1) is 20.8 Å². The first kappa shape index (κ1) is 20.3. The number of nitrogens with one attached hydrogen (secondary N) is 2. The Balaban J connectivity index is 1.51. The third-order valence-corrected chi connectivity index (χ3v) is 4.89. The molecule has 0 saturated carbocycles. The fourth-order valence-electron chi connectivity index (χ4n) is 3.44. The molecule has 0 saturated heterocycles. The van der Waals surface area contributed by atoms with Gasteiger partial charge in [-0.25, -0.2) is 9.97 Å². The van der Waals surface area contributed by atoms with Gasteiger partial charge in [0.2, 0.25) is 0 Å². The molecule has 3 aromatic carbocycles. The molecule has 5 heteroatoms. The van der Waals surface area contributed by atoms with Gasteiger partial charge in [0.15, 0.2) is 0 Å². The number of amides is 1. The van der Waals surface area contributed by atoms with E-state index in [1.165, 1.54) is 11.9 Å². The van der Waals surface area contributed by atoms with E-state index in [0.717, 1.165) is 33.8 Å². The van der Waals surface area contributed by atoms with E-state index >= 15 is 0 Å². The Labute approximate surface area is 182 Å². The summed E-state index contributed by atoms with van der Waals surface area (Å²) in [6.07, 6.45) is 1.54. The maximum atomic E-state index is 12.7. The van der Waals surface area contributed by atoms with Crippen LogP contribution in [-0.2, 0) is 0 Å². The van der Waals surface area contributed by atoms with Gasteiger partial charge in [0.05, 0.1) is 5.69 Å². The molecule has 2 N–H and O–H groups in total. The van der Waals surface area contributed by atoms with Gasteiger partial charge in [0.1, 0.15) is 12.1 Å². The maximum Gasteiger partial charge on any atom is 0.255 e. The summed E-state index contributed by atoms with van der Waals surface area (Å²) in [4.78, 5) is 21.4. The van der Waals surface area contributed by atoms with E-state index in [0.29, 0.717) is 11.4 Å². The van der Waals surface area contributed by atoms with Crippen LogP contribution in [0.3, 0.4) is 0 Å². The van der Waals surface area contributed by atoms with Crippen LogP contribution in [0.2, 0.25) is 0 Å². The van der Waals surface area contributed by atoms with Crippen molar-refractivity contribution in [1.29, 1.82) is 0 Å². The van der Waals surface area contributed by atoms with E-state index in [-0.39, 0.29) is 5.91 Å². The second-order valence-electron chi connectivity index (χ2n) is 7.69. The zero-order valence-electron chi connectivity index (χ0n) is 17.8. The molecule has 0 fully saturated rings. The molecule has 31 heavy (non-hydrogen) atoms. The molecular weight excluding hydrogens is 384 g/mol. The fourth-order valence-corrected chi connectivity index (χ4v) is 3.44. The SMILES string of the molecule is Cc1ccc(-c2cc(Nc3cccc(C(=O)Nc4cc(C)cc(C)c4)c3)ncn2)cc1. The van der Waals surface area contributed by atoms with Gasteiger partial charge in [-0.15, -0.1) is 0 Å². The Kier molecular flexibility index (Phi) is 5.76. The molecule has 1 heterocycles. The lowest BCUT2D eigenvalue weighted by molar-refractivity contribution is 0.102. The minimum atomic E-state index is -0.156. The van der Waals surface area contributed by atoms with E-state index in [9.17, 15) is 4.79 Å². The number of aromatic nitrogens is 2. The van der Waals surface area contributed by atoms with Crippen molar-refractivity contribution in [3.63, 3.8) is 0 Å². The standard InChI is InChI=1S/C26H24N4O/c1-17-7-9-20(10-8-17)24-15-25(28-16-27-24)29-22-6-4-5-21(14-22)26(31)30-23-12-18(2)11-19(3)13-23/h4-16H,1-3H3,(H,30,31)(H,27,28,29). The Morgan fingerprint density at radius 1 is 0.742 bits per heavy atom. The molecule has 0 radical (unpaired) electrons. The minimum absolute atomic E-state index is 0.156. The quantitative estimate of drug-likeness (QED) is 0.421. The van der Waals surface area contributed by atoms with Crippen LogP contribution >= 0.6 is 0 Å². The lowest BCUT2D eigenvalue weighted by atomic mass is 10.1. The topological polar surface area (TPSA) is 66.9 Å². The highest BCUT2D eigenvalue weighted by Crippen LogP contribution is 2.22. The van der Waals surface area contributed by atoms with Crippen LogP contribution in [0.15, 0.2) is 79.1 Å². The van der Waals surface area contributed by atoms with Gasteiger partial charge in [-0.2, -0.15) is 0 Å². The van der Waals surface area contributed by atoms with Gasteiger partial charge < -0.3 is 10.6 Å². The maximum absolute atomic E-state index is 12.7. The molecule has 1 amide bonds. The van der Waals surface area contributed by atoms with Gasteiger partial charge in [0.25, 0.3) is 5.91 Å². The van der Waals surface area contributed by atoms with E-state index in [2.05, 4.69) is 45.7 Å². The van der Waals surface area contributed by atoms with Crippen molar-refractivity contribution in [2.24, 2.45) is 0 Å². The number of carbonyl (C=O) groups excluding carboxylic acids is 1. The summed E-state index contributed by atoms with van der Waals surface area (Å²) in [5.41, 5.74) is 7.42. The van der Waals surface area contributed by atoms with Crippen molar-refractivity contribution in [3.05, 3.63) is 101 Å². The van der Waals surface area contributed by atoms with Crippen LogP contribution in [-0.4, -0.2) is 15.9 Å². The molecule has 0 atom stereocenters. The number of carbonyl (C=O) groups is 1. The first-order chi connectivity index (χ1) is 15.0. The van der Waals surface area contributed by atoms with Crippen LogP contribution in [0.4, 0.5) is 17.2 Å². The Hall–Kier alpha value is -3.99. The number of aryl methyl sites for hydroxylation is 3. The molecule has 154 valence electrons. The van der Waals surface area contributed by atoms with Gasteiger partial charge in [-0.3, -0.25) is 4.79 Å². The van der Waals surface area contributed by atoms with Crippen molar-refractivity contribution >= 4 is 23.1 Å². The van der Waals surface area contributed by atoms with Crippen LogP contribution < -0.4 is 10.6 Å². The lowest BCUT2D eigenvalue weighted by Gasteiger charge is -2.10. The normalized spacial score (nSPS) is 10.5. The first-order valence-corrected chi connectivity index (χ1v) is 10.1. The van der Waals surface area contributed by atoms with E-state index in [4.69, 9.17) is 0 Å². The monoisotopic (exact) mass is 408 g/mol. The Morgan fingerprint density at radius 3 is 2.23 bits per heavy atom. The molecular formula is C26H24N4O. The summed E-state index contributed by atoms with van der Waals surface area (Å²) in [6.45, 7) is 6.08. The highest BCUT2D eigenvalue weighted by molar-refractivity contribution is 6.05. The van der Waals surface area contributed by atoms with Crippen molar-refractivity contribution in [2.45, 2.75) is 20.8 Å². The molecule has 0 bridgehead atoms. The third-order valence-electron chi connectivity index (χ3n) is 4.89. The second kappa shape index (κ2) is 8.79. The number of nitrogens with zero attached hydrogens (tertiary/aromatic N) is 2. The number of rotatable bonds is 5. The average molecular weight is 409 g/mol. The Morgan fingerprint density at radius 2 is 1.48 bits per heavy atom.